The van der Waals surface area contributed by atoms with Crippen molar-refractivity contribution in [2.24, 2.45) is 34.5 Å². The smallest absolute Gasteiger partial charge is 0.0847 e. The van der Waals surface area contributed by atoms with Crippen LogP contribution in [0.2, 0.25) is 0 Å². The number of rotatable bonds is 0. The molecule has 2 nitrogen and oxygen atoms in total. The van der Waals surface area contributed by atoms with Crippen molar-refractivity contribution in [3.05, 3.63) is 0 Å². The van der Waals surface area contributed by atoms with E-state index in [1.807, 2.05) is 0 Å². The lowest BCUT2D eigenvalue weighted by molar-refractivity contribution is -0.143. The van der Waals surface area contributed by atoms with Gasteiger partial charge in [-0.15, -0.1) is 0 Å². The molecule has 9 atom stereocenters. The van der Waals surface area contributed by atoms with Gasteiger partial charge in [-0.3, -0.25) is 0 Å². The Morgan fingerprint density at radius 2 is 1.68 bits per heavy atom. The van der Waals surface area contributed by atoms with Crippen molar-refractivity contribution in [3.8, 4) is 0 Å². The number of hydrogen-bond acceptors (Lipinski definition) is 2. The fourth-order valence-corrected chi connectivity index (χ4v) is 7.76. The molecule has 1 N–H and O–H groups in total. The molecule has 0 spiro atoms. The standard InChI is InChI=1S/C20H32O2/c1-18-11-17-16(22-17)10-12(18)4-5-13-14(18)6-8-19(2)15(13)7-9-20(19,3)21/h12-17,21H,4-11H2,1-3H3/t12?,13-,14-,15+,16?,17?,18+,19+,20?/m1/s1. The Bertz CT molecular complexity index is 500. The molecule has 0 aromatic heterocycles. The Morgan fingerprint density at radius 1 is 0.909 bits per heavy atom. The van der Waals surface area contributed by atoms with E-state index in [-0.39, 0.29) is 5.41 Å². The molecule has 2 heteroatoms. The highest BCUT2D eigenvalue weighted by molar-refractivity contribution is 5.14. The van der Waals surface area contributed by atoms with Gasteiger partial charge in [-0.05, 0) is 92.8 Å². The summed E-state index contributed by atoms with van der Waals surface area (Å²) in [5, 5.41) is 11.0. The van der Waals surface area contributed by atoms with Crippen molar-refractivity contribution in [1.82, 2.24) is 0 Å². The van der Waals surface area contributed by atoms with Gasteiger partial charge in [0.25, 0.3) is 0 Å². The number of hydrogen-bond donors (Lipinski definition) is 1. The van der Waals surface area contributed by atoms with E-state index in [9.17, 15) is 5.11 Å². The molecule has 1 heterocycles. The lowest BCUT2D eigenvalue weighted by Crippen LogP contribution is -2.56. The Labute approximate surface area is 135 Å². The summed E-state index contributed by atoms with van der Waals surface area (Å²) in [4.78, 5) is 0. The highest BCUT2D eigenvalue weighted by Crippen LogP contribution is 2.69. The predicted molar refractivity (Wildman–Crippen MR) is 86.4 cm³/mol. The second kappa shape index (κ2) is 4.11. The molecule has 22 heavy (non-hydrogen) atoms. The zero-order chi connectivity index (χ0) is 15.3. The van der Waals surface area contributed by atoms with Gasteiger partial charge >= 0.3 is 0 Å². The van der Waals surface area contributed by atoms with Crippen LogP contribution in [-0.2, 0) is 4.74 Å². The Balaban J connectivity index is 1.48. The third-order valence-corrected chi connectivity index (χ3v) is 9.47. The van der Waals surface area contributed by atoms with E-state index < -0.39 is 5.60 Å². The Hall–Kier alpha value is -0.0800. The van der Waals surface area contributed by atoms with Crippen LogP contribution in [0.5, 0.6) is 0 Å². The van der Waals surface area contributed by atoms with Crippen molar-refractivity contribution in [2.75, 3.05) is 0 Å². The molecule has 0 aromatic carbocycles. The molecule has 1 aliphatic heterocycles. The van der Waals surface area contributed by atoms with Gasteiger partial charge in [0.1, 0.15) is 0 Å². The molecule has 0 aromatic rings. The summed E-state index contributed by atoms with van der Waals surface area (Å²) in [6.07, 6.45) is 11.6. The maximum Gasteiger partial charge on any atom is 0.0847 e. The number of fused-ring (bicyclic) bond motifs is 6. The van der Waals surface area contributed by atoms with Gasteiger partial charge < -0.3 is 9.84 Å². The quantitative estimate of drug-likeness (QED) is 0.682. The predicted octanol–water partition coefficient (Wildman–Crippen LogP) is 4.16. The van der Waals surface area contributed by atoms with Gasteiger partial charge in [-0.2, -0.15) is 0 Å². The fourth-order valence-electron chi connectivity index (χ4n) is 7.76. The van der Waals surface area contributed by atoms with E-state index in [0.717, 1.165) is 30.1 Å². The fraction of sp³-hybridized carbons (Fsp3) is 1.00. The average molecular weight is 304 g/mol. The first-order chi connectivity index (χ1) is 10.4. The zero-order valence-electron chi connectivity index (χ0n) is 14.5. The molecule has 4 aliphatic carbocycles. The van der Waals surface area contributed by atoms with E-state index in [1.165, 1.54) is 44.9 Å². The minimum atomic E-state index is -0.433. The molecule has 0 amide bonds. The van der Waals surface area contributed by atoms with Crippen LogP contribution in [0.4, 0.5) is 0 Å². The van der Waals surface area contributed by atoms with Crippen LogP contribution in [-0.4, -0.2) is 22.9 Å². The summed E-state index contributed by atoms with van der Waals surface area (Å²) < 4.78 is 5.91. The van der Waals surface area contributed by atoms with Crippen molar-refractivity contribution >= 4 is 0 Å². The average Bonchev–Trinajstić information content (AvgIpc) is 3.14. The van der Waals surface area contributed by atoms with Gasteiger partial charge in [-0.25, -0.2) is 0 Å². The van der Waals surface area contributed by atoms with E-state index in [4.69, 9.17) is 4.74 Å². The van der Waals surface area contributed by atoms with Crippen LogP contribution in [0.1, 0.15) is 72.1 Å². The normalized spacial score (nSPS) is 66.0. The first-order valence-corrected chi connectivity index (χ1v) is 9.73. The molecule has 5 rings (SSSR count). The molecule has 0 radical (unpaired) electrons. The topological polar surface area (TPSA) is 32.8 Å². The Morgan fingerprint density at radius 3 is 2.50 bits per heavy atom. The third kappa shape index (κ3) is 1.59. The first-order valence-electron chi connectivity index (χ1n) is 9.73. The first kappa shape index (κ1) is 14.3. The lowest BCUT2D eigenvalue weighted by atomic mass is 9.44. The van der Waals surface area contributed by atoms with Crippen LogP contribution in [0.25, 0.3) is 0 Å². The van der Waals surface area contributed by atoms with Gasteiger partial charge in [0.2, 0.25) is 0 Å². The van der Waals surface area contributed by atoms with E-state index in [1.54, 1.807) is 0 Å². The van der Waals surface area contributed by atoms with Gasteiger partial charge in [0.05, 0.1) is 17.8 Å². The van der Waals surface area contributed by atoms with Crippen molar-refractivity contribution in [3.63, 3.8) is 0 Å². The second-order valence-corrected chi connectivity index (χ2v) is 10.1. The van der Waals surface area contributed by atoms with Crippen LogP contribution in [0.3, 0.4) is 0 Å². The summed E-state index contributed by atoms with van der Waals surface area (Å²) in [5.74, 6) is 3.42. The van der Waals surface area contributed by atoms with Crippen molar-refractivity contribution in [1.29, 1.82) is 0 Å². The molecule has 0 bridgehead atoms. The molecule has 1 saturated heterocycles. The van der Waals surface area contributed by atoms with E-state index >= 15 is 0 Å². The molecular weight excluding hydrogens is 272 g/mol. The molecule has 124 valence electrons. The molecule has 4 unspecified atom stereocenters. The van der Waals surface area contributed by atoms with Crippen LogP contribution < -0.4 is 0 Å². The van der Waals surface area contributed by atoms with Crippen LogP contribution >= 0.6 is 0 Å². The minimum Gasteiger partial charge on any atom is -0.390 e. The highest BCUT2D eigenvalue weighted by atomic mass is 16.6. The van der Waals surface area contributed by atoms with Crippen molar-refractivity contribution in [2.45, 2.75) is 89.9 Å². The van der Waals surface area contributed by atoms with E-state index in [0.29, 0.717) is 17.6 Å². The molecular formula is C20H32O2. The summed E-state index contributed by atoms with van der Waals surface area (Å²) in [7, 11) is 0. The molecule has 4 saturated carbocycles. The van der Waals surface area contributed by atoms with E-state index in [2.05, 4.69) is 20.8 Å². The summed E-state index contributed by atoms with van der Waals surface area (Å²) in [5.41, 5.74) is 0.263. The van der Waals surface area contributed by atoms with Gasteiger partial charge in [0.15, 0.2) is 0 Å². The second-order valence-electron chi connectivity index (χ2n) is 10.1. The van der Waals surface area contributed by atoms with Crippen LogP contribution in [0.15, 0.2) is 0 Å². The number of aliphatic hydroxyl groups is 1. The maximum absolute atomic E-state index is 11.0. The number of ether oxygens (including phenoxy) is 1. The maximum atomic E-state index is 11.0. The monoisotopic (exact) mass is 304 g/mol. The molecule has 5 aliphatic rings. The SMILES string of the molecule is CC1(O)CC[C@H]2[C@@H]3CCC4CC5OC5C[C@]4(C)[C@@H]3CC[C@@]21C. The van der Waals surface area contributed by atoms with Gasteiger partial charge in [0, 0.05) is 0 Å². The summed E-state index contributed by atoms with van der Waals surface area (Å²) in [6, 6.07) is 0. The zero-order valence-corrected chi connectivity index (χ0v) is 14.5. The lowest BCUT2D eigenvalue weighted by Gasteiger charge is -2.60. The molecule has 5 fully saturated rings. The third-order valence-electron chi connectivity index (χ3n) is 9.47. The Kier molecular flexibility index (Phi) is 2.67. The minimum absolute atomic E-state index is 0.171. The van der Waals surface area contributed by atoms with Gasteiger partial charge in [-0.1, -0.05) is 13.8 Å². The highest BCUT2D eigenvalue weighted by Gasteiger charge is 2.65. The largest absolute Gasteiger partial charge is 0.390 e. The summed E-state index contributed by atoms with van der Waals surface area (Å²) >= 11 is 0. The number of epoxide rings is 1. The van der Waals surface area contributed by atoms with Crippen LogP contribution in [0, 0.1) is 34.5 Å². The van der Waals surface area contributed by atoms with Crippen molar-refractivity contribution < 1.29 is 9.84 Å². The summed E-state index contributed by atoms with van der Waals surface area (Å²) in [6.45, 7) is 7.11.